The molecule has 1 aliphatic rings. The summed E-state index contributed by atoms with van der Waals surface area (Å²) in [6, 6.07) is 8.83. The number of carbonyl (C=O) groups excluding carboxylic acids is 2. The highest BCUT2D eigenvalue weighted by molar-refractivity contribution is 6.25. The van der Waals surface area contributed by atoms with E-state index in [1.54, 1.807) is 18.2 Å². The lowest BCUT2D eigenvalue weighted by molar-refractivity contribution is -0.0691. The molecule has 0 radical (unpaired) electrons. The van der Waals surface area contributed by atoms with Crippen molar-refractivity contribution in [3.05, 3.63) is 41.5 Å². The van der Waals surface area contributed by atoms with Crippen molar-refractivity contribution in [3.8, 4) is 5.75 Å². The summed E-state index contributed by atoms with van der Waals surface area (Å²) in [5.74, 6) is -0.535. The Hall–Kier alpha value is -2.40. The maximum atomic E-state index is 12.3. The summed E-state index contributed by atoms with van der Waals surface area (Å²) in [7, 11) is 2.78. The lowest BCUT2D eigenvalue weighted by Crippen LogP contribution is -2.39. The van der Waals surface area contributed by atoms with Crippen LogP contribution in [-0.4, -0.2) is 31.1 Å². The summed E-state index contributed by atoms with van der Waals surface area (Å²) < 4.78 is 5.22. The molecule has 19 heavy (non-hydrogen) atoms. The van der Waals surface area contributed by atoms with Gasteiger partial charge in [0.05, 0.1) is 25.3 Å². The molecule has 0 saturated carbocycles. The van der Waals surface area contributed by atoms with Crippen molar-refractivity contribution in [1.82, 2.24) is 5.06 Å². The van der Waals surface area contributed by atoms with E-state index in [0.29, 0.717) is 22.3 Å². The van der Waals surface area contributed by atoms with Gasteiger partial charge in [-0.1, -0.05) is 18.2 Å². The zero-order valence-corrected chi connectivity index (χ0v) is 10.5. The molecule has 0 N–H and O–H groups in total. The number of amides is 2. The summed E-state index contributed by atoms with van der Waals surface area (Å²) in [6.07, 6.45) is 0. The standard InChI is InChI=1S/C14H11NO4/c1-18-10-7-6-8-4-3-5-9-11(8)12(10)14(17)15(19-2)13(9)16/h3-7H,1-2H3. The summed E-state index contributed by atoms with van der Waals surface area (Å²) in [6.45, 7) is 0. The number of methoxy groups -OCH3 is 1. The van der Waals surface area contributed by atoms with Crippen molar-refractivity contribution >= 4 is 22.6 Å². The number of carbonyl (C=O) groups is 2. The van der Waals surface area contributed by atoms with Crippen LogP contribution in [0.2, 0.25) is 0 Å². The Balaban J connectivity index is 2.46. The van der Waals surface area contributed by atoms with Gasteiger partial charge in [-0.05, 0) is 17.5 Å². The first-order chi connectivity index (χ1) is 9.19. The Morgan fingerprint density at radius 3 is 2.47 bits per heavy atom. The van der Waals surface area contributed by atoms with E-state index in [1.165, 1.54) is 14.2 Å². The van der Waals surface area contributed by atoms with Crippen LogP contribution in [-0.2, 0) is 4.84 Å². The van der Waals surface area contributed by atoms with E-state index in [0.717, 1.165) is 10.4 Å². The van der Waals surface area contributed by atoms with Gasteiger partial charge in [-0.3, -0.25) is 14.4 Å². The van der Waals surface area contributed by atoms with E-state index in [-0.39, 0.29) is 0 Å². The van der Waals surface area contributed by atoms with E-state index in [1.807, 2.05) is 12.1 Å². The second-order valence-electron chi connectivity index (χ2n) is 4.13. The molecule has 0 fully saturated rings. The normalized spacial score (nSPS) is 14.1. The van der Waals surface area contributed by atoms with Crippen molar-refractivity contribution in [2.75, 3.05) is 14.2 Å². The highest BCUT2D eigenvalue weighted by Crippen LogP contribution is 2.35. The van der Waals surface area contributed by atoms with E-state index in [4.69, 9.17) is 9.57 Å². The van der Waals surface area contributed by atoms with Gasteiger partial charge < -0.3 is 4.74 Å². The zero-order valence-electron chi connectivity index (χ0n) is 10.5. The van der Waals surface area contributed by atoms with E-state index in [2.05, 4.69) is 0 Å². The summed E-state index contributed by atoms with van der Waals surface area (Å²) >= 11 is 0. The monoisotopic (exact) mass is 257 g/mol. The molecule has 1 aliphatic heterocycles. The SMILES string of the molecule is COc1ccc2cccc3c2c1C(=O)N(OC)C3=O. The molecule has 2 aromatic rings. The van der Waals surface area contributed by atoms with E-state index < -0.39 is 11.8 Å². The van der Waals surface area contributed by atoms with Crippen LogP contribution in [0, 0.1) is 0 Å². The Bertz CT molecular complexity index is 708. The third kappa shape index (κ3) is 1.45. The van der Waals surface area contributed by atoms with Gasteiger partial charge in [0.15, 0.2) is 0 Å². The first-order valence-corrected chi connectivity index (χ1v) is 5.71. The molecular weight excluding hydrogens is 246 g/mol. The number of benzene rings is 2. The molecular formula is C14H11NO4. The maximum Gasteiger partial charge on any atom is 0.289 e. The zero-order chi connectivity index (χ0) is 13.6. The lowest BCUT2D eigenvalue weighted by atomic mass is 9.94. The molecule has 0 bridgehead atoms. The quantitative estimate of drug-likeness (QED) is 0.772. The number of hydrogen-bond donors (Lipinski definition) is 0. The minimum absolute atomic E-state index is 0.358. The molecule has 0 unspecified atom stereocenters. The minimum atomic E-state index is -0.506. The molecule has 0 aromatic heterocycles. The van der Waals surface area contributed by atoms with Gasteiger partial charge in [-0.15, -0.1) is 5.06 Å². The molecule has 3 rings (SSSR count). The number of rotatable bonds is 2. The van der Waals surface area contributed by atoms with Crippen LogP contribution in [0.1, 0.15) is 20.7 Å². The van der Waals surface area contributed by atoms with Crippen LogP contribution in [0.5, 0.6) is 5.75 Å². The lowest BCUT2D eigenvalue weighted by Gasteiger charge is -2.25. The third-order valence-corrected chi connectivity index (χ3v) is 3.22. The van der Waals surface area contributed by atoms with Crippen molar-refractivity contribution in [2.24, 2.45) is 0 Å². The van der Waals surface area contributed by atoms with Crippen molar-refractivity contribution in [3.63, 3.8) is 0 Å². The molecule has 2 aromatic carbocycles. The van der Waals surface area contributed by atoms with Crippen LogP contribution in [0.15, 0.2) is 30.3 Å². The van der Waals surface area contributed by atoms with E-state index in [9.17, 15) is 9.59 Å². The fourth-order valence-corrected chi connectivity index (χ4v) is 2.39. The Labute approximate surface area is 109 Å². The van der Waals surface area contributed by atoms with Gasteiger partial charge in [0.25, 0.3) is 11.8 Å². The summed E-state index contributed by atoms with van der Waals surface area (Å²) in [5, 5.41) is 2.19. The Morgan fingerprint density at radius 1 is 1.00 bits per heavy atom. The first kappa shape index (κ1) is 11.7. The van der Waals surface area contributed by atoms with Crippen molar-refractivity contribution in [2.45, 2.75) is 0 Å². The third-order valence-electron chi connectivity index (χ3n) is 3.22. The predicted octanol–water partition coefficient (Wildman–Crippen LogP) is 2.01. The summed E-state index contributed by atoms with van der Waals surface area (Å²) in [5.41, 5.74) is 0.796. The number of hydroxylamine groups is 2. The molecule has 0 spiro atoms. The van der Waals surface area contributed by atoms with Crippen LogP contribution < -0.4 is 4.74 Å². The molecule has 5 heteroatoms. The molecule has 1 heterocycles. The average Bonchev–Trinajstić information content (AvgIpc) is 2.44. The first-order valence-electron chi connectivity index (χ1n) is 5.71. The second-order valence-corrected chi connectivity index (χ2v) is 4.13. The summed E-state index contributed by atoms with van der Waals surface area (Å²) in [4.78, 5) is 29.4. The Morgan fingerprint density at radius 2 is 1.79 bits per heavy atom. The van der Waals surface area contributed by atoms with Gasteiger partial charge in [-0.25, -0.2) is 0 Å². The number of ether oxygens (including phenoxy) is 1. The molecule has 96 valence electrons. The predicted molar refractivity (Wildman–Crippen MR) is 68.0 cm³/mol. The van der Waals surface area contributed by atoms with Crippen LogP contribution in [0.25, 0.3) is 10.8 Å². The van der Waals surface area contributed by atoms with Crippen LogP contribution in [0.3, 0.4) is 0 Å². The number of imide groups is 1. The highest BCUT2D eigenvalue weighted by atomic mass is 16.7. The molecule has 0 aliphatic carbocycles. The smallest absolute Gasteiger partial charge is 0.289 e. The highest BCUT2D eigenvalue weighted by Gasteiger charge is 2.35. The molecule has 0 atom stereocenters. The van der Waals surface area contributed by atoms with Gasteiger partial charge in [0.1, 0.15) is 5.75 Å². The number of nitrogens with zero attached hydrogens (tertiary/aromatic N) is 1. The Kier molecular flexibility index (Phi) is 2.50. The molecule has 2 amide bonds. The second kappa shape index (κ2) is 4.07. The van der Waals surface area contributed by atoms with Gasteiger partial charge in [0.2, 0.25) is 0 Å². The minimum Gasteiger partial charge on any atom is -0.496 e. The van der Waals surface area contributed by atoms with Gasteiger partial charge in [-0.2, -0.15) is 0 Å². The maximum absolute atomic E-state index is 12.3. The average molecular weight is 257 g/mol. The topological polar surface area (TPSA) is 55.8 Å². The fourth-order valence-electron chi connectivity index (χ4n) is 2.39. The van der Waals surface area contributed by atoms with Crippen LogP contribution in [0.4, 0.5) is 0 Å². The van der Waals surface area contributed by atoms with E-state index >= 15 is 0 Å². The largest absolute Gasteiger partial charge is 0.496 e. The van der Waals surface area contributed by atoms with Crippen molar-refractivity contribution in [1.29, 1.82) is 0 Å². The van der Waals surface area contributed by atoms with Crippen LogP contribution >= 0.6 is 0 Å². The number of hydrogen-bond acceptors (Lipinski definition) is 4. The van der Waals surface area contributed by atoms with Gasteiger partial charge >= 0.3 is 0 Å². The molecule has 0 saturated heterocycles. The molecule has 5 nitrogen and oxygen atoms in total. The van der Waals surface area contributed by atoms with Crippen molar-refractivity contribution < 1.29 is 19.2 Å². The fraction of sp³-hybridized carbons (Fsp3) is 0.143. The van der Waals surface area contributed by atoms with Gasteiger partial charge in [0, 0.05) is 5.39 Å².